The quantitative estimate of drug-likeness (QED) is 0.226. The molecule has 0 aliphatic rings. The molecule has 0 unspecified atom stereocenters. The molecule has 1 atom stereocenters. The normalized spacial score (nSPS) is 13.1. The number of ether oxygens (including phenoxy) is 6. The first-order chi connectivity index (χ1) is 14.9. The van der Waals surface area contributed by atoms with Crippen LogP contribution in [-0.2, 0) is 38.0 Å². The van der Waals surface area contributed by atoms with Crippen LogP contribution in [0.4, 0.5) is 0 Å². The number of carbonyl (C=O) groups excluding carboxylic acids is 2. The van der Waals surface area contributed by atoms with Crippen molar-refractivity contribution in [2.75, 3.05) is 66.0 Å². The van der Waals surface area contributed by atoms with Crippen molar-refractivity contribution in [3.05, 3.63) is 0 Å². The highest BCUT2D eigenvalue weighted by Gasteiger charge is 2.18. The molecule has 0 rings (SSSR count). The minimum absolute atomic E-state index is 0.171. The van der Waals surface area contributed by atoms with E-state index in [9.17, 15) is 9.59 Å². The summed E-state index contributed by atoms with van der Waals surface area (Å²) in [7, 11) is 0. The van der Waals surface area contributed by atoms with Gasteiger partial charge in [0.05, 0.1) is 71.5 Å². The highest BCUT2D eigenvalue weighted by atomic mass is 16.6. The fourth-order valence-corrected chi connectivity index (χ4v) is 2.10. The van der Waals surface area contributed by atoms with Crippen LogP contribution in [0.2, 0.25) is 0 Å². The topological polar surface area (TPSA) is 128 Å². The molecule has 0 aromatic carbocycles. The number of hydrogen-bond acceptors (Lipinski definition) is 9. The van der Waals surface area contributed by atoms with Gasteiger partial charge in [0.2, 0.25) is 5.91 Å². The van der Waals surface area contributed by atoms with Crippen LogP contribution in [0.25, 0.3) is 0 Å². The van der Waals surface area contributed by atoms with Gasteiger partial charge in [0.15, 0.2) is 0 Å². The Labute approximate surface area is 192 Å². The van der Waals surface area contributed by atoms with Crippen LogP contribution >= 0.6 is 0 Å². The van der Waals surface area contributed by atoms with Gasteiger partial charge in [-0.2, -0.15) is 0 Å². The van der Waals surface area contributed by atoms with Crippen LogP contribution in [0.1, 0.15) is 48.0 Å². The summed E-state index contributed by atoms with van der Waals surface area (Å²) in [5.74, 6) is -0.536. The summed E-state index contributed by atoms with van der Waals surface area (Å²) < 4.78 is 32.2. The van der Waals surface area contributed by atoms with E-state index in [4.69, 9.17) is 34.2 Å². The Morgan fingerprint density at radius 3 is 1.69 bits per heavy atom. The molecule has 0 heterocycles. The van der Waals surface area contributed by atoms with Gasteiger partial charge in [0.25, 0.3) is 0 Å². The molecule has 0 saturated heterocycles. The zero-order chi connectivity index (χ0) is 24.5. The molecule has 0 saturated carbocycles. The minimum Gasteiger partial charge on any atom is -0.460 e. The summed E-state index contributed by atoms with van der Waals surface area (Å²) in [5, 5.41) is 2.71. The molecular weight excluding hydrogens is 420 g/mol. The molecule has 190 valence electrons. The smallest absolute Gasteiger partial charge is 0.308 e. The van der Waals surface area contributed by atoms with E-state index in [1.807, 2.05) is 41.5 Å². The second-order valence-corrected chi connectivity index (χ2v) is 9.11. The van der Waals surface area contributed by atoms with Crippen LogP contribution in [0.15, 0.2) is 0 Å². The van der Waals surface area contributed by atoms with Crippen molar-refractivity contribution >= 4 is 11.9 Å². The highest BCUT2D eigenvalue weighted by Crippen LogP contribution is 2.08. The number of nitrogens with two attached hydrogens (primary N) is 1. The van der Waals surface area contributed by atoms with Crippen molar-refractivity contribution < 1.29 is 38.0 Å². The lowest BCUT2D eigenvalue weighted by molar-refractivity contribution is -0.156. The summed E-state index contributed by atoms with van der Waals surface area (Å²) in [6.07, 6.45) is 0.225. The largest absolute Gasteiger partial charge is 0.460 e. The van der Waals surface area contributed by atoms with Crippen molar-refractivity contribution in [1.82, 2.24) is 5.32 Å². The number of amides is 1. The van der Waals surface area contributed by atoms with Gasteiger partial charge in [-0.1, -0.05) is 0 Å². The Hall–Kier alpha value is -1.30. The number of rotatable bonds is 18. The van der Waals surface area contributed by atoms with Gasteiger partial charge in [-0.25, -0.2) is 0 Å². The van der Waals surface area contributed by atoms with Crippen LogP contribution in [0, 0.1) is 0 Å². The van der Waals surface area contributed by atoms with E-state index in [0.29, 0.717) is 59.4 Å². The average molecular weight is 465 g/mol. The Bertz CT molecular complexity index is 503. The average Bonchev–Trinajstić information content (AvgIpc) is 2.66. The Kier molecular flexibility index (Phi) is 16.5. The molecule has 0 aliphatic carbocycles. The van der Waals surface area contributed by atoms with Gasteiger partial charge in [-0.05, 0) is 41.5 Å². The third-order valence-electron chi connectivity index (χ3n) is 3.56. The molecule has 0 aliphatic heterocycles. The van der Waals surface area contributed by atoms with Gasteiger partial charge in [0, 0.05) is 6.54 Å². The first kappa shape index (κ1) is 30.7. The molecule has 0 radical (unpaired) electrons. The lowest BCUT2D eigenvalue weighted by Crippen LogP contribution is -2.45. The maximum atomic E-state index is 11.8. The van der Waals surface area contributed by atoms with Crippen molar-refractivity contribution in [1.29, 1.82) is 0 Å². The first-order valence-corrected chi connectivity index (χ1v) is 11.1. The predicted molar refractivity (Wildman–Crippen MR) is 120 cm³/mol. The zero-order valence-electron chi connectivity index (χ0n) is 20.7. The summed E-state index contributed by atoms with van der Waals surface area (Å²) in [6, 6.07) is -0.701. The molecule has 32 heavy (non-hydrogen) atoms. The molecule has 3 N–H and O–H groups in total. The summed E-state index contributed by atoms with van der Waals surface area (Å²) in [4.78, 5) is 23.3. The number of hydrogen-bond donors (Lipinski definition) is 2. The van der Waals surface area contributed by atoms with E-state index in [-0.39, 0.29) is 30.5 Å². The van der Waals surface area contributed by atoms with Gasteiger partial charge in [0.1, 0.15) is 11.6 Å². The standard InChI is InChI=1S/C22H44N2O8/c1-21(2,3)31-17-18(23)20(26)24-8-10-28-12-14-30-16-15-29-13-11-27-9-7-19(25)32-22(4,5)6/h18H,7-17,23H2,1-6H3,(H,24,26)/t18-/m0/s1. The van der Waals surface area contributed by atoms with Gasteiger partial charge in [-0.15, -0.1) is 0 Å². The van der Waals surface area contributed by atoms with Crippen molar-refractivity contribution in [3.8, 4) is 0 Å². The van der Waals surface area contributed by atoms with E-state index in [2.05, 4.69) is 5.32 Å². The molecule has 10 nitrogen and oxygen atoms in total. The molecular formula is C22H44N2O8. The zero-order valence-corrected chi connectivity index (χ0v) is 20.7. The Morgan fingerprint density at radius 2 is 1.22 bits per heavy atom. The number of nitrogens with one attached hydrogen (secondary N) is 1. The third-order valence-corrected chi connectivity index (χ3v) is 3.56. The van der Waals surface area contributed by atoms with Crippen molar-refractivity contribution in [2.45, 2.75) is 65.2 Å². The lowest BCUT2D eigenvalue weighted by atomic mass is 10.2. The van der Waals surface area contributed by atoms with Gasteiger partial charge >= 0.3 is 5.97 Å². The fourth-order valence-electron chi connectivity index (χ4n) is 2.10. The summed E-state index contributed by atoms with van der Waals surface area (Å²) >= 11 is 0. The van der Waals surface area contributed by atoms with E-state index in [0.717, 1.165) is 0 Å². The van der Waals surface area contributed by atoms with Crippen molar-refractivity contribution in [3.63, 3.8) is 0 Å². The minimum atomic E-state index is -0.701. The lowest BCUT2D eigenvalue weighted by Gasteiger charge is -2.22. The third kappa shape index (κ3) is 21.9. The van der Waals surface area contributed by atoms with E-state index in [1.54, 1.807) is 0 Å². The monoisotopic (exact) mass is 464 g/mol. The molecule has 0 spiro atoms. The van der Waals surface area contributed by atoms with Gasteiger partial charge < -0.3 is 39.5 Å². The molecule has 0 aromatic heterocycles. The van der Waals surface area contributed by atoms with Crippen LogP contribution in [0.5, 0.6) is 0 Å². The molecule has 0 bridgehead atoms. The van der Waals surface area contributed by atoms with E-state index >= 15 is 0 Å². The highest BCUT2D eigenvalue weighted by molar-refractivity contribution is 5.81. The molecule has 0 aromatic rings. The summed E-state index contributed by atoms with van der Waals surface area (Å²) in [5.41, 5.74) is 4.97. The molecule has 10 heteroatoms. The van der Waals surface area contributed by atoms with Crippen LogP contribution in [-0.4, -0.2) is 95.1 Å². The maximum absolute atomic E-state index is 11.8. The second-order valence-electron chi connectivity index (χ2n) is 9.11. The van der Waals surface area contributed by atoms with E-state index < -0.39 is 11.6 Å². The maximum Gasteiger partial charge on any atom is 0.308 e. The predicted octanol–water partition coefficient (Wildman–Crippen LogP) is 1.04. The van der Waals surface area contributed by atoms with Crippen LogP contribution in [0.3, 0.4) is 0 Å². The van der Waals surface area contributed by atoms with Crippen LogP contribution < -0.4 is 11.1 Å². The fraction of sp³-hybridized carbons (Fsp3) is 0.909. The first-order valence-electron chi connectivity index (χ1n) is 11.1. The van der Waals surface area contributed by atoms with E-state index in [1.165, 1.54) is 0 Å². The number of esters is 1. The van der Waals surface area contributed by atoms with Crippen molar-refractivity contribution in [2.24, 2.45) is 5.73 Å². The number of carbonyl (C=O) groups is 2. The Balaban J connectivity index is 3.36. The summed E-state index contributed by atoms with van der Waals surface area (Å²) in [6.45, 7) is 15.0. The molecule has 1 amide bonds. The molecule has 0 fully saturated rings. The SMILES string of the molecule is CC(C)(C)OC[C@H](N)C(=O)NCCOCCOCCOCCOCCC(=O)OC(C)(C)C. The second kappa shape index (κ2) is 17.2. The van der Waals surface area contributed by atoms with Gasteiger partial charge in [-0.3, -0.25) is 9.59 Å². The Morgan fingerprint density at radius 1 is 0.750 bits per heavy atom.